The fourth-order valence-corrected chi connectivity index (χ4v) is 3.65. The maximum atomic E-state index is 9.35. The molecule has 1 aliphatic heterocycles. The molecule has 2 nitrogen and oxygen atoms in total. The van der Waals surface area contributed by atoms with Crippen LogP contribution in [-0.2, 0) is 0 Å². The first-order valence-electron chi connectivity index (χ1n) is 7.27. The van der Waals surface area contributed by atoms with Crippen molar-refractivity contribution in [2.24, 2.45) is 17.8 Å². The van der Waals surface area contributed by atoms with Gasteiger partial charge in [0.2, 0.25) is 0 Å². The third-order valence-electron chi connectivity index (χ3n) is 4.84. The van der Waals surface area contributed by atoms with Gasteiger partial charge in [0.25, 0.3) is 0 Å². The van der Waals surface area contributed by atoms with Crippen LogP contribution in [0.3, 0.4) is 0 Å². The Balaban J connectivity index is 2.09. The minimum Gasteiger partial charge on any atom is -0.296 e. The molecule has 17 heavy (non-hydrogen) atoms. The lowest BCUT2D eigenvalue weighted by molar-refractivity contribution is 0.0297. The fourth-order valence-electron chi connectivity index (χ4n) is 3.65. The minimum atomic E-state index is 0.277. The van der Waals surface area contributed by atoms with E-state index in [-0.39, 0.29) is 5.92 Å². The molecule has 0 aromatic heterocycles. The van der Waals surface area contributed by atoms with E-state index >= 15 is 0 Å². The van der Waals surface area contributed by atoms with E-state index in [9.17, 15) is 5.26 Å². The molecule has 2 aliphatic rings. The van der Waals surface area contributed by atoms with Crippen molar-refractivity contribution in [1.82, 2.24) is 4.90 Å². The van der Waals surface area contributed by atoms with Gasteiger partial charge in [-0.1, -0.05) is 13.8 Å². The Morgan fingerprint density at radius 2 is 1.71 bits per heavy atom. The third kappa shape index (κ3) is 2.83. The van der Waals surface area contributed by atoms with Crippen molar-refractivity contribution < 1.29 is 0 Å². The Morgan fingerprint density at radius 1 is 1.00 bits per heavy atom. The summed E-state index contributed by atoms with van der Waals surface area (Å²) < 4.78 is 0. The van der Waals surface area contributed by atoms with Crippen molar-refractivity contribution in [1.29, 1.82) is 5.26 Å². The van der Waals surface area contributed by atoms with Crippen LogP contribution in [0.2, 0.25) is 0 Å². The maximum Gasteiger partial charge on any atom is 0.0672 e. The maximum absolute atomic E-state index is 9.35. The van der Waals surface area contributed by atoms with Gasteiger partial charge in [-0.2, -0.15) is 5.26 Å². The summed E-state index contributed by atoms with van der Waals surface area (Å²) >= 11 is 0. The van der Waals surface area contributed by atoms with Gasteiger partial charge in [-0.25, -0.2) is 0 Å². The number of nitrogens with zero attached hydrogens (tertiary/aromatic N) is 2. The summed E-state index contributed by atoms with van der Waals surface area (Å²) in [4.78, 5) is 2.65. The lowest BCUT2D eigenvalue weighted by Gasteiger charge is -2.46. The smallest absolute Gasteiger partial charge is 0.0672 e. The number of nitriles is 1. The summed E-state index contributed by atoms with van der Waals surface area (Å²) in [6.07, 6.45) is 6.25. The number of hydrogen-bond acceptors (Lipinski definition) is 2. The van der Waals surface area contributed by atoms with Crippen LogP contribution < -0.4 is 0 Å². The predicted molar refractivity (Wildman–Crippen MR) is 70.5 cm³/mol. The van der Waals surface area contributed by atoms with E-state index in [1.54, 1.807) is 0 Å². The largest absolute Gasteiger partial charge is 0.296 e. The van der Waals surface area contributed by atoms with Gasteiger partial charge in [0.05, 0.1) is 12.0 Å². The number of likely N-dealkylation sites (tertiary alicyclic amines) is 1. The topological polar surface area (TPSA) is 27.0 Å². The highest BCUT2D eigenvalue weighted by Gasteiger charge is 2.37. The Labute approximate surface area is 106 Å². The van der Waals surface area contributed by atoms with Crippen LogP contribution in [0.25, 0.3) is 0 Å². The van der Waals surface area contributed by atoms with E-state index in [4.69, 9.17) is 0 Å². The Hall–Kier alpha value is -0.550. The van der Waals surface area contributed by atoms with Crippen LogP contribution in [0.4, 0.5) is 0 Å². The quantitative estimate of drug-likeness (QED) is 0.695. The summed E-state index contributed by atoms with van der Waals surface area (Å²) in [5.74, 6) is 1.88. The summed E-state index contributed by atoms with van der Waals surface area (Å²) in [7, 11) is 0. The Bertz CT molecular complexity index is 294. The summed E-state index contributed by atoms with van der Waals surface area (Å²) in [5, 5.41) is 9.35. The van der Waals surface area contributed by atoms with E-state index in [0.717, 1.165) is 18.3 Å². The van der Waals surface area contributed by atoms with Crippen LogP contribution in [0, 0.1) is 29.1 Å². The number of piperidine rings is 1. The molecule has 2 heteroatoms. The third-order valence-corrected chi connectivity index (χ3v) is 4.84. The Morgan fingerprint density at radius 3 is 2.41 bits per heavy atom. The molecule has 0 aromatic carbocycles. The first kappa shape index (κ1) is 12.9. The van der Waals surface area contributed by atoms with Gasteiger partial charge in [-0.05, 0) is 50.9 Å². The SMILES string of the molecule is CC1CCC(C#N)C(N2CC(C)CCC2C)C1. The standard InChI is InChI=1S/C15H26N2/c1-11-5-7-14(9-16)15(8-11)17-10-12(2)4-6-13(17)3/h11-15H,4-8,10H2,1-3H3. The molecular formula is C15H26N2. The first-order chi connectivity index (χ1) is 8.11. The average molecular weight is 234 g/mol. The number of hydrogen-bond donors (Lipinski definition) is 0. The summed E-state index contributed by atoms with van der Waals surface area (Å²) in [6.45, 7) is 8.25. The first-order valence-corrected chi connectivity index (χ1v) is 7.27. The minimum absolute atomic E-state index is 0.277. The molecule has 5 unspecified atom stereocenters. The van der Waals surface area contributed by atoms with E-state index in [2.05, 4.69) is 31.7 Å². The molecule has 96 valence electrons. The molecular weight excluding hydrogens is 208 g/mol. The molecule has 0 amide bonds. The lowest BCUT2D eigenvalue weighted by Crippen LogP contribution is -2.51. The monoisotopic (exact) mass is 234 g/mol. The predicted octanol–water partition coefficient (Wildman–Crippen LogP) is 3.44. The number of rotatable bonds is 1. The van der Waals surface area contributed by atoms with Crippen molar-refractivity contribution in [3.05, 3.63) is 0 Å². The highest BCUT2D eigenvalue weighted by Crippen LogP contribution is 2.35. The van der Waals surface area contributed by atoms with Gasteiger partial charge in [-0.3, -0.25) is 4.90 Å². The zero-order chi connectivity index (χ0) is 12.4. The van der Waals surface area contributed by atoms with Gasteiger partial charge in [-0.15, -0.1) is 0 Å². The second-order valence-electron chi connectivity index (χ2n) is 6.45. The van der Waals surface area contributed by atoms with Gasteiger partial charge < -0.3 is 0 Å². The molecule has 0 radical (unpaired) electrons. The van der Waals surface area contributed by atoms with Crippen molar-refractivity contribution in [2.75, 3.05) is 6.54 Å². The molecule has 0 N–H and O–H groups in total. The molecule has 1 saturated heterocycles. The van der Waals surface area contributed by atoms with E-state index in [1.807, 2.05) is 0 Å². The molecule has 1 heterocycles. The van der Waals surface area contributed by atoms with Crippen LogP contribution in [-0.4, -0.2) is 23.5 Å². The van der Waals surface area contributed by atoms with Gasteiger partial charge in [0, 0.05) is 18.6 Å². The summed E-state index contributed by atoms with van der Waals surface area (Å²) in [5.41, 5.74) is 0. The van der Waals surface area contributed by atoms with Crippen LogP contribution in [0.5, 0.6) is 0 Å². The summed E-state index contributed by atoms with van der Waals surface area (Å²) in [6, 6.07) is 3.77. The zero-order valence-corrected chi connectivity index (χ0v) is 11.5. The molecule has 0 bridgehead atoms. The molecule has 1 saturated carbocycles. The second kappa shape index (κ2) is 5.40. The molecule has 2 fully saturated rings. The molecule has 5 atom stereocenters. The average Bonchev–Trinajstić information content (AvgIpc) is 2.32. The molecule has 0 spiro atoms. The van der Waals surface area contributed by atoms with E-state index in [1.165, 1.54) is 32.2 Å². The normalized spacial score (nSPS) is 44.2. The lowest BCUT2D eigenvalue weighted by atomic mass is 9.77. The highest BCUT2D eigenvalue weighted by molar-refractivity contribution is 4.99. The van der Waals surface area contributed by atoms with E-state index in [0.29, 0.717) is 12.1 Å². The van der Waals surface area contributed by atoms with Crippen molar-refractivity contribution in [3.63, 3.8) is 0 Å². The molecule has 0 aromatic rings. The van der Waals surface area contributed by atoms with E-state index < -0.39 is 0 Å². The fraction of sp³-hybridized carbons (Fsp3) is 0.933. The van der Waals surface area contributed by atoms with Gasteiger partial charge in [0.1, 0.15) is 0 Å². The molecule has 1 aliphatic carbocycles. The highest BCUT2D eigenvalue weighted by atomic mass is 15.2. The van der Waals surface area contributed by atoms with Gasteiger partial charge in [0.15, 0.2) is 0 Å². The zero-order valence-electron chi connectivity index (χ0n) is 11.5. The second-order valence-corrected chi connectivity index (χ2v) is 6.45. The van der Waals surface area contributed by atoms with Crippen molar-refractivity contribution in [2.45, 2.75) is 65.0 Å². The molecule has 2 rings (SSSR count). The van der Waals surface area contributed by atoms with Crippen LogP contribution >= 0.6 is 0 Å². The van der Waals surface area contributed by atoms with Crippen LogP contribution in [0.15, 0.2) is 0 Å². The Kier molecular flexibility index (Phi) is 4.09. The van der Waals surface area contributed by atoms with Crippen LogP contribution in [0.1, 0.15) is 52.9 Å². The van der Waals surface area contributed by atoms with Gasteiger partial charge >= 0.3 is 0 Å². The van der Waals surface area contributed by atoms with Crippen molar-refractivity contribution >= 4 is 0 Å². The van der Waals surface area contributed by atoms with Crippen molar-refractivity contribution in [3.8, 4) is 6.07 Å².